The van der Waals surface area contributed by atoms with Crippen molar-refractivity contribution in [2.24, 2.45) is 0 Å². The lowest BCUT2D eigenvalue weighted by atomic mass is 10.1. The van der Waals surface area contributed by atoms with Gasteiger partial charge in [0.2, 0.25) is 17.4 Å². The molecule has 228 valence electrons. The Kier molecular flexibility index (Phi) is 10.9. The second kappa shape index (κ2) is 14.3. The number of para-hydroxylation sites is 1. The summed E-state index contributed by atoms with van der Waals surface area (Å²) in [4.78, 5) is 65.5. The Labute approximate surface area is 243 Å². The van der Waals surface area contributed by atoms with Gasteiger partial charge in [0, 0.05) is 38.7 Å². The van der Waals surface area contributed by atoms with Crippen LogP contribution in [-0.2, 0) is 23.9 Å². The molecular weight excluding hydrogens is 550 g/mol. The van der Waals surface area contributed by atoms with Crippen LogP contribution in [0.2, 0.25) is 0 Å². The first-order valence-corrected chi connectivity index (χ1v) is 13.7. The maximum absolute atomic E-state index is 13.4. The average molecular weight is 588 g/mol. The van der Waals surface area contributed by atoms with E-state index in [-0.39, 0.29) is 63.8 Å². The van der Waals surface area contributed by atoms with Crippen LogP contribution >= 0.6 is 0 Å². The van der Waals surface area contributed by atoms with Crippen LogP contribution in [0.25, 0.3) is 5.69 Å². The van der Waals surface area contributed by atoms with E-state index in [2.05, 4.69) is 10.4 Å². The van der Waals surface area contributed by atoms with Gasteiger partial charge in [-0.15, -0.1) is 0 Å². The van der Waals surface area contributed by atoms with E-state index in [9.17, 15) is 29.1 Å². The molecule has 0 saturated carbocycles. The largest absolute Gasteiger partial charge is 0.481 e. The van der Waals surface area contributed by atoms with E-state index in [1.54, 1.807) is 44.2 Å². The molecule has 0 radical (unpaired) electrons. The maximum atomic E-state index is 13.4. The summed E-state index contributed by atoms with van der Waals surface area (Å²) in [6.07, 6.45) is -0.991. The minimum atomic E-state index is -1.41. The van der Waals surface area contributed by atoms with E-state index in [1.165, 1.54) is 34.4 Å². The molecule has 1 fully saturated rings. The molecule has 1 atom stereocenters. The van der Waals surface area contributed by atoms with Gasteiger partial charge < -0.3 is 34.4 Å². The molecule has 0 spiro atoms. The summed E-state index contributed by atoms with van der Waals surface area (Å²) in [6, 6.07) is 8.96. The Bertz CT molecular complexity index is 1270. The second-order valence-corrected chi connectivity index (χ2v) is 9.92. The molecule has 2 heterocycles. The Morgan fingerprint density at radius 3 is 2.19 bits per heavy atom. The van der Waals surface area contributed by atoms with E-state index in [0.717, 1.165) is 0 Å². The number of carboxylic acid groups (broad SMARTS) is 1. The maximum Gasteiger partial charge on any atom is 0.409 e. The number of nitrogens with zero attached hydrogens (tertiary/aromatic N) is 4. The van der Waals surface area contributed by atoms with Gasteiger partial charge in [0.25, 0.3) is 5.91 Å². The Hall–Kier alpha value is -4.62. The van der Waals surface area contributed by atoms with Gasteiger partial charge in [-0.25, -0.2) is 14.3 Å². The number of benzene rings is 1. The number of hydrogen-bond donors (Lipinski definition) is 2. The van der Waals surface area contributed by atoms with Gasteiger partial charge in [0.1, 0.15) is 6.04 Å². The monoisotopic (exact) mass is 587 g/mol. The number of piperazine rings is 1. The number of carboxylic acids is 1. The summed E-state index contributed by atoms with van der Waals surface area (Å²) in [6.45, 7) is 7.67. The van der Waals surface area contributed by atoms with Crippen LogP contribution in [0.5, 0.6) is 5.88 Å². The standard InChI is InChI=1S/C28H37N5O9/c1-5-40-26(38)28(3,4)42-22-18-21(30-33(22)19-10-8-7-9-11-19)24(36)29-20(12-13-23(34)35)25(37)31-14-16-32(17-15-31)27(39)41-6-2/h7-11,18,20H,5-6,12-17H2,1-4H3,(H,29,36)(H,34,35). The topological polar surface area (TPSA) is 170 Å². The summed E-state index contributed by atoms with van der Waals surface area (Å²) in [7, 11) is 0. The minimum Gasteiger partial charge on any atom is -0.481 e. The molecule has 3 amide bonds. The highest BCUT2D eigenvalue weighted by atomic mass is 16.6. The molecule has 1 unspecified atom stereocenters. The van der Waals surface area contributed by atoms with Gasteiger partial charge in [-0.1, -0.05) is 18.2 Å². The van der Waals surface area contributed by atoms with Gasteiger partial charge in [-0.05, 0) is 46.2 Å². The van der Waals surface area contributed by atoms with Crippen molar-refractivity contribution < 1.29 is 43.3 Å². The predicted octanol–water partition coefficient (Wildman–Crippen LogP) is 1.86. The van der Waals surface area contributed by atoms with Crippen molar-refractivity contribution in [1.82, 2.24) is 24.9 Å². The van der Waals surface area contributed by atoms with E-state index in [1.807, 2.05) is 0 Å². The molecule has 1 aromatic carbocycles. The van der Waals surface area contributed by atoms with Gasteiger partial charge in [0.15, 0.2) is 5.69 Å². The fraction of sp³-hybridized carbons (Fsp3) is 0.500. The third kappa shape index (κ3) is 8.21. The zero-order valence-electron chi connectivity index (χ0n) is 24.2. The number of rotatable bonds is 12. The highest BCUT2D eigenvalue weighted by molar-refractivity contribution is 5.96. The molecule has 1 aromatic heterocycles. The molecule has 14 nitrogen and oxygen atoms in total. The third-order valence-electron chi connectivity index (χ3n) is 6.40. The summed E-state index contributed by atoms with van der Waals surface area (Å²) >= 11 is 0. The number of esters is 1. The predicted molar refractivity (Wildman–Crippen MR) is 148 cm³/mol. The molecular formula is C28H37N5O9. The number of aromatic nitrogens is 2. The Morgan fingerprint density at radius 2 is 1.60 bits per heavy atom. The molecule has 2 aromatic rings. The van der Waals surface area contributed by atoms with Crippen LogP contribution in [-0.4, -0.2) is 106 Å². The zero-order valence-corrected chi connectivity index (χ0v) is 24.2. The van der Waals surface area contributed by atoms with Crippen LogP contribution in [0.4, 0.5) is 4.79 Å². The fourth-order valence-corrected chi connectivity index (χ4v) is 4.21. The lowest BCUT2D eigenvalue weighted by Gasteiger charge is -2.35. The normalized spacial score (nSPS) is 14.1. The van der Waals surface area contributed by atoms with E-state index in [4.69, 9.17) is 14.2 Å². The SMILES string of the molecule is CCOC(=O)N1CCN(C(=O)C(CCC(=O)O)NC(=O)c2cc(OC(C)(C)C(=O)OCC)n(-c3ccccc3)n2)CC1. The van der Waals surface area contributed by atoms with Crippen molar-refractivity contribution in [3.05, 3.63) is 42.1 Å². The van der Waals surface area contributed by atoms with Crippen LogP contribution in [0, 0.1) is 0 Å². The summed E-state index contributed by atoms with van der Waals surface area (Å²) in [5.41, 5.74) is -0.986. The van der Waals surface area contributed by atoms with Crippen molar-refractivity contribution in [2.75, 3.05) is 39.4 Å². The summed E-state index contributed by atoms with van der Waals surface area (Å²) in [5.74, 6) is -2.88. The molecule has 3 rings (SSSR count). The van der Waals surface area contributed by atoms with E-state index in [0.29, 0.717) is 5.69 Å². The lowest BCUT2D eigenvalue weighted by Crippen LogP contribution is -2.56. The molecule has 1 aliphatic heterocycles. The number of amides is 3. The van der Waals surface area contributed by atoms with Crippen LogP contribution in [0.3, 0.4) is 0 Å². The first kappa shape index (κ1) is 31.9. The van der Waals surface area contributed by atoms with E-state index < -0.39 is 41.5 Å². The Balaban J connectivity index is 1.83. The molecule has 1 saturated heterocycles. The zero-order chi connectivity index (χ0) is 30.9. The molecule has 1 aliphatic rings. The number of carbonyl (C=O) groups is 5. The molecule has 14 heteroatoms. The number of ether oxygens (including phenoxy) is 3. The smallest absolute Gasteiger partial charge is 0.409 e. The lowest BCUT2D eigenvalue weighted by molar-refractivity contribution is -0.159. The molecule has 2 N–H and O–H groups in total. The molecule has 0 aliphatic carbocycles. The van der Waals surface area contributed by atoms with Gasteiger partial charge in [-0.2, -0.15) is 5.10 Å². The van der Waals surface area contributed by atoms with Gasteiger partial charge >= 0.3 is 18.0 Å². The number of carbonyl (C=O) groups excluding carboxylic acids is 4. The third-order valence-corrected chi connectivity index (χ3v) is 6.40. The van der Waals surface area contributed by atoms with Crippen molar-refractivity contribution >= 4 is 29.8 Å². The van der Waals surface area contributed by atoms with Crippen molar-refractivity contribution in [3.8, 4) is 11.6 Å². The Morgan fingerprint density at radius 1 is 0.976 bits per heavy atom. The van der Waals surface area contributed by atoms with Crippen molar-refractivity contribution in [1.29, 1.82) is 0 Å². The summed E-state index contributed by atoms with van der Waals surface area (Å²) in [5, 5.41) is 16.2. The van der Waals surface area contributed by atoms with Crippen molar-refractivity contribution in [3.63, 3.8) is 0 Å². The molecule has 42 heavy (non-hydrogen) atoms. The van der Waals surface area contributed by atoms with Crippen LogP contribution < -0.4 is 10.1 Å². The quantitative estimate of drug-likeness (QED) is 0.350. The van der Waals surface area contributed by atoms with Crippen LogP contribution in [0.1, 0.15) is 51.0 Å². The molecule has 0 bridgehead atoms. The highest BCUT2D eigenvalue weighted by Gasteiger charge is 2.35. The van der Waals surface area contributed by atoms with Gasteiger partial charge in [0.05, 0.1) is 18.9 Å². The second-order valence-electron chi connectivity index (χ2n) is 9.92. The van der Waals surface area contributed by atoms with Crippen molar-refractivity contribution in [2.45, 2.75) is 52.2 Å². The first-order chi connectivity index (χ1) is 20.0. The number of aliphatic carboxylic acids is 1. The number of hydrogen-bond acceptors (Lipinski definition) is 9. The highest BCUT2D eigenvalue weighted by Crippen LogP contribution is 2.25. The minimum absolute atomic E-state index is 0.0768. The van der Waals surface area contributed by atoms with Gasteiger partial charge in [-0.3, -0.25) is 14.4 Å². The van der Waals surface area contributed by atoms with E-state index >= 15 is 0 Å². The summed E-state index contributed by atoms with van der Waals surface area (Å²) < 4.78 is 17.4. The average Bonchev–Trinajstić information content (AvgIpc) is 3.38. The number of nitrogens with one attached hydrogen (secondary N) is 1. The fourth-order valence-electron chi connectivity index (χ4n) is 4.21. The van der Waals surface area contributed by atoms with Crippen LogP contribution in [0.15, 0.2) is 36.4 Å². The first-order valence-electron chi connectivity index (χ1n) is 13.7.